The molecule has 1 amide bonds. The first-order valence-electron chi connectivity index (χ1n) is 5.79. The Balaban J connectivity index is 1.61. The van der Waals surface area contributed by atoms with Crippen molar-refractivity contribution in [2.45, 2.75) is 25.7 Å². The molecule has 2 saturated heterocycles. The number of carbonyl (C=O) groups excluding carboxylic acids is 1. The summed E-state index contributed by atoms with van der Waals surface area (Å²) in [5.74, 6) is 0.832. The summed E-state index contributed by atoms with van der Waals surface area (Å²) >= 11 is 0. The highest BCUT2D eigenvalue weighted by Gasteiger charge is 2.45. The molecule has 0 bridgehead atoms. The van der Waals surface area contributed by atoms with Crippen molar-refractivity contribution in [3.63, 3.8) is 0 Å². The van der Waals surface area contributed by atoms with E-state index in [0.29, 0.717) is 17.2 Å². The molecule has 1 N–H and O–H groups in total. The van der Waals surface area contributed by atoms with Crippen LogP contribution in [0.4, 0.5) is 0 Å². The molecule has 2 heterocycles. The molecule has 3 aliphatic rings. The summed E-state index contributed by atoms with van der Waals surface area (Å²) in [5.41, 5.74) is 0.472. The third-order valence-electron chi connectivity index (χ3n) is 4.20. The standard InChI is InChI=1S/C11H18N2O/c14-10(9-2-1-3-9)13-5-4-11(8-13)6-12-7-11/h9,12H,1-8H2. The third-order valence-corrected chi connectivity index (χ3v) is 4.20. The van der Waals surface area contributed by atoms with E-state index < -0.39 is 0 Å². The first-order chi connectivity index (χ1) is 6.79. The zero-order valence-corrected chi connectivity index (χ0v) is 8.59. The molecule has 0 unspecified atom stereocenters. The molecule has 0 aromatic heterocycles. The molecular weight excluding hydrogens is 176 g/mol. The van der Waals surface area contributed by atoms with E-state index in [9.17, 15) is 4.79 Å². The Morgan fingerprint density at radius 2 is 2.14 bits per heavy atom. The number of amides is 1. The molecule has 2 aliphatic heterocycles. The maximum atomic E-state index is 12.0. The lowest BCUT2D eigenvalue weighted by atomic mass is 9.81. The minimum Gasteiger partial charge on any atom is -0.342 e. The Morgan fingerprint density at radius 3 is 2.57 bits per heavy atom. The number of likely N-dealkylation sites (tertiary alicyclic amines) is 1. The van der Waals surface area contributed by atoms with Crippen LogP contribution in [0.15, 0.2) is 0 Å². The van der Waals surface area contributed by atoms with Gasteiger partial charge in [-0.3, -0.25) is 4.79 Å². The first kappa shape index (κ1) is 8.72. The lowest BCUT2D eigenvalue weighted by molar-refractivity contribution is -0.137. The highest BCUT2D eigenvalue weighted by atomic mass is 16.2. The van der Waals surface area contributed by atoms with Gasteiger partial charge in [-0.25, -0.2) is 0 Å². The van der Waals surface area contributed by atoms with Crippen LogP contribution < -0.4 is 5.32 Å². The van der Waals surface area contributed by atoms with Crippen molar-refractivity contribution in [2.24, 2.45) is 11.3 Å². The molecule has 1 saturated carbocycles. The Morgan fingerprint density at radius 1 is 1.36 bits per heavy atom. The van der Waals surface area contributed by atoms with Gasteiger partial charge in [-0.05, 0) is 19.3 Å². The summed E-state index contributed by atoms with van der Waals surface area (Å²) in [5, 5.41) is 3.32. The molecule has 3 heteroatoms. The molecule has 3 nitrogen and oxygen atoms in total. The molecule has 1 aliphatic carbocycles. The summed E-state index contributed by atoms with van der Waals surface area (Å²) in [4.78, 5) is 14.1. The second-order valence-electron chi connectivity index (χ2n) is 5.24. The van der Waals surface area contributed by atoms with Crippen LogP contribution in [0.2, 0.25) is 0 Å². The average Bonchev–Trinajstić information content (AvgIpc) is 2.43. The second-order valence-corrected chi connectivity index (χ2v) is 5.24. The number of carbonyl (C=O) groups is 1. The summed E-state index contributed by atoms with van der Waals surface area (Å²) in [6, 6.07) is 0. The monoisotopic (exact) mass is 194 g/mol. The fourth-order valence-corrected chi connectivity index (χ4v) is 2.80. The smallest absolute Gasteiger partial charge is 0.225 e. The quantitative estimate of drug-likeness (QED) is 0.663. The van der Waals surface area contributed by atoms with Gasteiger partial charge in [0.25, 0.3) is 0 Å². The van der Waals surface area contributed by atoms with Crippen molar-refractivity contribution in [3.05, 3.63) is 0 Å². The maximum absolute atomic E-state index is 12.0. The second kappa shape index (κ2) is 2.96. The summed E-state index contributed by atoms with van der Waals surface area (Å²) in [6.07, 6.45) is 4.76. The molecule has 0 aromatic rings. The minimum absolute atomic E-state index is 0.387. The fourth-order valence-electron chi connectivity index (χ4n) is 2.80. The Labute approximate surface area is 84.8 Å². The third kappa shape index (κ3) is 1.18. The van der Waals surface area contributed by atoms with E-state index in [1.165, 1.54) is 12.8 Å². The van der Waals surface area contributed by atoms with Crippen molar-refractivity contribution < 1.29 is 4.79 Å². The molecule has 1 spiro atoms. The van der Waals surface area contributed by atoms with Gasteiger partial charge in [-0.15, -0.1) is 0 Å². The fraction of sp³-hybridized carbons (Fsp3) is 0.909. The largest absolute Gasteiger partial charge is 0.342 e. The van der Waals surface area contributed by atoms with Gasteiger partial charge in [0.2, 0.25) is 5.91 Å². The Hall–Kier alpha value is -0.570. The van der Waals surface area contributed by atoms with E-state index in [1.54, 1.807) is 0 Å². The molecule has 0 atom stereocenters. The predicted molar refractivity (Wildman–Crippen MR) is 53.8 cm³/mol. The van der Waals surface area contributed by atoms with Crippen molar-refractivity contribution in [3.8, 4) is 0 Å². The van der Waals surface area contributed by atoms with Crippen molar-refractivity contribution in [1.29, 1.82) is 0 Å². The number of rotatable bonds is 1. The van der Waals surface area contributed by atoms with Crippen molar-refractivity contribution >= 4 is 5.91 Å². The number of hydrogen-bond acceptors (Lipinski definition) is 2. The van der Waals surface area contributed by atoms with Gasteiger partial charge in [0.15, 0.2) is 0 Å². The average molecular weight is 194 g/mol. The SMILES string of the molecule is O=C(C1CCC1)N1CCC2(CNC2)C1. The number of hydrogen-bond donors (Lipinski definition) is 1. The lowest BCUT2D eigenvalue weighted by Crippen LogP contribution is -2.55. The molecule has 3 rings (SSSR count). The van der Waals surface area contributed by atoms with Crippen LogP contribution in [0.25, 0.3) is 0 Å². The van der Waals surface area contributed by atoms with Gasteiger partial charge in [0.1, 0.15) is 0 Å². The van der Waals surface area contributed by atoms with Crippen molar-refractivity contribution in [1.82, 2.24) is 10.2 Å². The van der Waals surface area contributed by atoms with Crippen LogP contribution in [0.3, 0.4) is 0 Å². The number of nitrogens with one attached hydrogen (secondary N) is 1. The van der Waals surface area contributed by atoms with E-state index in [4.69, 9.17) is 0 Å². The highest BCUT2D eigenvalue weighted by Crippen LogP contribution is 2.37. The van der Waals surface area contributed by atoms with Gasteiger partial charge in [-0.2, -0.15) is 0 Å². The molecule has 78 valence electrons. The van der Waals surface area contributed by atoms with Gasteiger partial charge >= 0.3 is 0 Å². The summed E-state index contributed by atoms with van der Waals surface area (Å²) < 4.78 is 0. The van der Waals surface area contributed by atoms with E-state index in [1.807, 2.05) is 0 Å². The lowest BCUT2D eigenvalue weighted by Gasteiger charge is -2.39. The molecule has 3 fully saturated rings. The predicted octanol–water partition coefficient (Wildman–Crippen LogP) is 0.608. The highest BCUT2D eigenvalue weighted by molar-refractivity contribution is 5.80. The first-order valence-corrected chi connectivity index (χ1v) is 5.79. The summed E-state index contributed by atoms with van der Waals surface area (Å²) in [6.45, 7) is 4.29. The van der Waals surface area contributed by atoms with Crippen LogP contribution in [0.5, 0.6) is 0 Å². The van der Waals surface area contributed by atoms with Crippen LogP contribution in [0.1, 0.15) is 25.7 Å². The molecule has 0 radical (unpaired) electrons. The minimum atomic E-state index is 0.387. The Kier molecular flexibility index (Phi) is 1.84. The molecule has 14 heavy (non-hydrogen) atoms. The molecular formula is C11H18N2O. The van der Waals surface area contributed by atoms with Gasteiger partial charge in [0.05, 0.1) is 0 Å². The van der Waals surface area contributed by atoms with Crippen LogP contribution in [-0.4, -0.2) is 37.0 Å². The van der Waals surface area contributed by atoms with Gasteiger partial charge in [-0.1, -0.05) is 6.42 Å². The van der Waals surface area contributed by atoms with Crippen molar-refractivity contribution in [2.75, 3.05) is 26.2 Å². The Bertz CT molecular complexity index is 256. The topological polar surface area (TPSA) is 32.3 Å². The van der Waals surface area contributed by atoms with Crippen LogP contribution in [0, 0.1) is 11.3 Å². The zero-order chi connectivity index (χ0) is 9.60. The van der Waals surface area contributed by atoms with E-state index >= 15 is 0 Å². The van der Waals surface area contributed by atoms with E-state index in [-0.39, 0.29) is 0 Å². The van der Waals surface area contributed by atoms with E-state index in [0.717, 1.165) is 39.0 Å². The maximum Gasteiger partial charge on any atom is 0.225 e. The molecule has 0 aromatic carbocycles. The van der Waals surface area contributed by atoms with Crippen LogP contribution >= 0.6 is 0 Å². The van der Waals surface area contributed by atoms with E-state index in [2.05, 4.69) is 10.2 Å². The number of nitrogens with zero attached hydrogens (tertiary/aromatic N) is 1. The zero-order valence-electron chi connectivity index (χ0n) is 8.59. The summed E-state index contributed by atoms with van der Waals surface area (Å²) in [7, 11) is 0. The normalized spacial score (nSPS) is 30.1. The van der Waals surface area contributed by atoms with Gasteiger partial charge in [0, 0.05) is 37.5 Å². The van der Waals surface area contributed by atoms with Gasteiger partial charge < -0.3 is 10.2 Å². The van der Waals surface area contributed by atoms with Crippen LogP contribution in [-0.2, 0) is 4.79 Å².